The van der Waals surface area contributed by atoms with Crippen molar-refractivity contribution in [1.29, 1.82) is 0 Å². The lowest BCUT2D eigenvalue weighted by molar-refractivity contribution is 0.242. The number of anilines is 1. The zero-order valence-electron chi connectivity index (χ0n) is 11.2. The summed E-state index contributed by atoms with van der Waals surface area (Å²) in [5.41, 5.74) is 1.10. The number of rotatable bonds is 4. The van der Waals surface area contributed by atoms with Crippen LogP contribution in [0, 0.1) is 0 Å². The predicted molar refractivity (Wildman–Crippen MR) is 77.7 cm³/mol. The molecule has 0 aliphatic heterocycles. The molecule has 0 amide bonds. The average molecular weight is 268 g/mol. The summed E-state index contributed by atoms with van der Waals surface area (Å²) in [5.74, 6) is 0.765. The molecule has 0 unspecified atom stereocenters. The number of halogens is 1. The summed E-state index contributed by atoms with van der Waals surface area (Å²) in [6.45, 7) is 4.01. The molecule has 0 saturated heterocycles. The van der Waals surface area contributed by atoms with Gasteiger partial charge in [0.25, 0.3) is 0 Å². The minimum Gasteiger partial charge on any atom is -0.489 e. The van der Waals surface area contributed by atoms with Gasteiger partial charge < -0.3 is 10.1 Å². The van der Waals surface area contributed by atoms with Gasteiger partial charge in [-0.2, -0.15) is 0 Å². The second kappa shape index (κ2) is 6.33. The van der Waals surface area contributed by atoms with Crippen LogP contribution in [-0.2, 0) is 0 Å². The summed E-state index contributed by atoms with van der Waals surface area (Å²) in [4.78, 5) is 0. The molecular formula is C15H22ClNO. The fourth-order valence-corrected chi connectivity index (χ4v) is 2.65. The number of ether oxygens (including phenoxy) is 1. The maximum absolute atomic E-state index is 6.23. The van der Waals surface area contributed by atoms with Gasteiger partial charge in [0.1, 0.15) is 5.75 Å². The fraction of sp³-hybridized carbons (Fsp3) is 0.600. The summed E-state index contributed by atoms with van der Waals surface area (Å²) in [7, 11) is 0. The highest BCUT2D eigenvalue weighted by molar-refractivity contribution is 6.32. The third kappa shape index (κ3) is 3.81. The molecule has 1 saturated carbocycles. The molecule has 100 valence electrons. The van der Waals surface area contributed by atoms with Gasteiger partial charge in [0.15, 0.2) is 0 Å². The minimum absolute atomic E-state index is 0.152. The van der Waals surface area contributed by atoms with Crippen molar-refractivity contribution in [2.75, 3.05) is 5.32 Å². The Hall–Kier alpha value is -0.890. The topological polar surface area (TPSA) is 21.3 Å². The van der Waals surface area contributed by atoms with Crippen LogP contribution in [0.4, 0.5) is 5.69 Å². The summed E-state index contributed by atoms with van der Waals surface area (Å²) in [5, 5.41) is 4.25. The lowest BCUT2D eigenvalue weighted by Gasteiger charge is -2.24. The van der Waals surface area contributed by atoms with Gasteiger partial charge in [-0.1, -0.05) is 30.9 Å². The zero-order chi connectivity index (χ0) is 13.0. The Kier molecular flexibility index (Phi) is 4.76. The molecule has 18 heavy (non-hydrogen) atoms. The van der Waals surface area contributed by atoms with Crippen molar-refractivity contribution in [1.82, 2.24) is 0 Å². The van der Waals surface area contributed by atoms with E-state index in [1.54, 1.807) is 0 Å². The zero-order valence-corrected chi connectivity index (χ0v) is 12.0. The molecule has 0 atom stereocenters. The van der Waals surface area contributed by atoms with Gasteiger partial charge in [-0.15, -0.1) is 0 Å². The highest BCUT2D eigenvalue weighted by Gasteiger charge is 2.13. The van der Waals surface area contributed by atoms with Gasteiger partial charge in [0.2, 0.25) is 0 Å². The second-order valence-corrected chi connectivity index (χ2v) is 5.70. The van der Waals surface area contributed by atoms with Crippen LogP contribution in [0.1, 0.15) is 46.0 Å². The van der Waals surface area contributed by atoms with Crippen molar-refractivity contribution in [3.8, 4) is 5.75 Å². The first kappa shape index (κ1) is 13.5. The van der Waals surface area contributed by atoms with Gasteiger partial charge in [-0.05, 0) is 44.9 Å². The van der Waals surface area contributed by atoms with E-state index in [-0.39, 0.29) is 6.10 Å². The van der Waals surface area contributed by atoms with E-state index in [2.05, 4.69) is 11.4 Å². The smallest absolute Gasteiger partial charge is 0.138 e. The largest absolute Gasteiger partial charge is 0.489 e. The Labute approximate surface area is 115 Å². The number of hydrogen-bond acceptors (Lipinski definition) is 2. The molecule has 0 spiro atoms. The fourth-order valence-electron chi connectivity index (χ4n) is 2.42. The maximum Gasteiger partial charge on any atom is 0.138 e. The molecule has 3 heteroatoms. The predicted octanol–water partition coefficient (Wildman–Crippen LogP) is 4.87. The van der Waals surface area contributed by atoms with Crippen molar-refractivity contribution in [2.45, 2.75) is 58.1 Å². The number of benzene rings is 1. The highest BCUT2D eigenvalue weighted by atomic mass is 35.5. The Morgan fingerprint density at radius 3 is 2.56 bits per heavy atom. The van der Waals surface area contributed by atoms with Crippen molar-refractivity contribution in [2.24, 2.45) is 0 Å². The van der Waals surface area contributed by atoms with Gasteiger partial charge in [-0.3, -0.25) is 0 Å². The summed E-state index contributed by atoms with van der Waals surface area (Å²) in [6.07, 6.45) is 6.73. The lowest BCUT2D eigenvalue weighted by atomic mass is 9.95. The number of hydrogen-bond donors (Lipinski definition) is 1. The van der Waals surface area contributed by atoms with Crippen LogP contribution >= 0.6 is 11.6 Å². The lowest BCUT2D eigenvalue weighted by Crippen LogP contribution is -2.22. The van der Waals surface area contributed by atoms with Gasteiger partial charge >= 0.3 is 0 Å². The van der Waals surface area contributed by atoms with E-state index in [0.717, 1.165) is 11.4 Å². The first-order chi connectivity index (χ1) is 8.65. The molecule has 1 aliphatic rings. The van der Waals surface area contributed by atoms with E-state index >= 15 is 0 Å². The summed E-state index contributed by atoms with van der Waals surface area (Å²) < 4.78 is 5.63. The van der Waals surface area contributed by atoms with Crippen LogP contribution in [0.3, 0.4) is 0 Å². The van der Waals surface area contributed by atoms with E-state index in [1.807, 2.05) is 26.0 Å². The first-order valence-electron chi connectivity index (χ1n) is 6.88. The number of nitrogens with one attached hydrogen (secondary N) is 1. The Morgan fingerprint density at radius 1 is 1.22 bits per heavy atom. The van der Waals surface area contributed by atoms with Gasteiger partial charge in [-0.25, -0.2) is 0 Å². The van der Waals surface area contributed by atoms with Crippen LogP contribution in [0.5, 0.6) is 5.75 Å². The van der Waals surface area contributed by atoms with Crippen LogP contribution in [0.2, 0.25) is 5.02 Å². The van der Waals surface area contributed by atoms with E-state index < -0.39 is 0 Å². The molecule has 2 nitrogen and oxygen atoms in total. The minimum atomic E-state index is 0.152. The molecule has 0 radical (unpaired) electrons. The molecule has 2 rings (SSSR count). The first-order valence-corrected chi connectivity index (χ1v) is 7.25. The molecule has 0 bridgehead atoms. The molecule has 1 N–H and O–H groups in total. The molecule has 1 fully saturated rings. The average Bonchev–Trinajstić information content (AvgIpc) is 2.33. The Bertz CT molecular complexity index is 386. The van der Waals surface area contributed by atoms with Gasteiger partial charge in [0.05, 0.1) is 11.1 Å². The quantitative estimate of drug-likeness (QED) is 0.840. The normalized spacial score (nSPS) is 16.9. The standard InChI is InChI=1S/C15H22ClNO/c1-11(2)18-15-9-8-13(10-14(15)16)17-12-6-4-3-5-7-12/h8-12,17H,3-7H2,1-2H3. The van der Waals surface area contributed by atoms with Crippen molar-refractivity contribution >= 4 is 17.3 Å². The van der Waals surface area contributed by atoms with E-state index in [1.165, 1.54) is 32.1 Å². The summed E-state index contributed by atoms with van der Waals surface area (Å²) >= 11 is 6.23. The molecule has 1 aliphatic carbocycles. The van der Waals surface area contributed by atoms with E-state index in [4.69, 9.17) is 16.3 Å². The Morgan fingerprint density at radius 2 is 1.94 bits per heavy atom. The van der Waals surface area contributed by atoms with E-state index in [0.29, 0.717) is 11.1 Å². The van der Waals surface area contributed by atoms with Crippen LogP contribution < -0.4 is 10.1 Å². The van der Waals surface area contributed by atoms with Crippen LogP contribution in [-0.4, -0.2) is 12.1 Å². The van der Waals surface area contributed by atoms with Gasteiger partial charge in [0, 0.05) is 11.7 Å². The van der Waals surface area contributed by atoms with Crippen LogP contribution in [0.15, 0.2) is 18.2 Å². The van der Waals surface area contributed by atoms with Crippen molar-refractivity contribution in [3.05, 3.63) is 23.2 Å². The van der Waals surface area contributed by atoms with Crippen LogP contribution in [0.25, 0.3) is 0 Å². The molecular weight excluding hydrogens is 246 g/mol. The maximum atomic E-state index is 6.23. The summed E-state index contributed by atoms with van der Waals surface area (Å²) in [6, 6.07) is 6.58. The molecule has 1 aromatic carbocycles. The monoisotopic (exact) mass is 267 g/mol. The Balaban J connectivity index is 1.99. The SMILES string of the molecule is CC(C)Oc1ccc(NC2CCCCC2)cc1Cl. The van der Waals surface area contributed by atoms with Crippen molar-refractivity contribution in [3.63, 3.8) is 0 Å². The molecule has 0 heterocycles. The highest BCUT2D eigenvalue weighted by Crippen LogP contribution is 2.30. The third-order valence-electron chi connectivity index (χ3n) is 3.27. The second-order valence-electron chi connectivity index (χ2n) is 5.29. The molecule has 1 aromatic rings. The van der Waals surface area contributed by atoms with Crippen molar-refractivity contribution < 1.29 is 4.74 Å². The third-order valence-corrected chi connectivity index (χ3v) is 3.57. The van der Waals surface area contributed by atoms with E-state index in [9.17, 15) is 0 Å². The molecule has 0 aromatic heterocycles.